The van der Waals surface area contributed by atoms with Crippen molar-refractivity contribution in [3.63, 3.8) is 0 Å². The van der Waals surface area contributed by atoms with Crippen LogP contribution in [0.3, 0.4) is 0 Å². The number of aromatic nitrogens is 12. The first kappa shape index (κ1) is 56.1. The molecule has 0 amide bonds. The second-order valence-corrected chi connectivity index (χ2v) is 19.9. The Morgan fingerprint density at radius 1 is 0.588 bits per heavy atom. The van der Waals surface area contributed by atoms with E-state index >= 15 is 0 Å². The quantitative estimate of drug-likeness (QED) is 0.0748. The summed E-state index contributed by atoms with van der Waals surface area (Å²) in [6, 6.07) is 15.1. The van der Waals surface area contributed by atoms with Gasteiger partial charge in [-0.3, -0.25) is 4.79 Å². The van der Waals surface area contributed by atoms with E-state index in [-0.39, 0.29) is 82.8 Å². The maximum absolute atomic E-state index is 14.9. The van der Waals surface area contributed by atoms with E-state index in [1.807, 2.05) is 27.7 Å². The van der Waals surface area contributed by atoms with Gasteiger partial charge in [0.2, 0.25) is 17.6 Å². The molecule has 0 radical (unpaired) electrons. The van der Waals surface area contributed by atoms with E-state index in [2.05, 4.69) is 45.2 Å². The molecule has 9 heterocycles. The van der Waals surface area contributed by atoms with Crippen LogP contribution in [0.1, 0.15) is 61.5 Å². The van der Waals surface area contributed by atoms with Gasteiger partial charge in [-0.15, -0.1) is 0 Å². The van der Waals surface area contributed by atoms with Crippen molar-refractivity contribution >= 4 is 55.2 Å². The number of nitrogens with one attached hydrogen (secondary N) is 3. The number of halogens is 3. The number of hydrogen-bond donors (Lipinski definition) is 4. The molecule has 0 saturated carbocycles. The van der Waals surface area contributed by atoms with Crippen LogP contribution in [-0.2, 0) is 4.79 Å². The Labute approximate surface area is 475 Å². The fourth-order valence-electron chi connectivity index (χ4n) is 8.67. The van der Waals surface area contributed by atoms with Crippen LogP contribution in [0.4, 0.5) is 13.2 Å². The van der Waals surface area contributed by atoms with Crippen LogP contribution >= 0.6 is 0 Å². The van der Waals surface area contributed by atoms with Gasteiger partial charge in [0, 0.05) is 67.1 Å². The zero-order chi connectivity index (χ0) is 56.2. The summed E-state index contributed by atoms with van der Waals surface area (Å²) in [6.07, 6.45) is 7.89. The summed E-state index contributed by atoms with van der Waals surface area (Å²) in [6.45, 7) is 18.0. The van der Waals surface area contributed by atoms with Gasteiger partial charge in [-0.1, -0.05) is 5.75 Å². The van der Waals surface area contributed by atoms with Crippen molar-refractivity contribution in [1.29, 1.82) is 0 Å². The molecule has 9 aromatic heterocycles. The largest absolute Gasteiger partial charge is 1.00 e. The van der Waals surface area contributed by atoms with Crippen LogP contribution < -0.4 is 58.3 Å². The maximum atomic E-state index is 14.9. The summed E-state index contributed by atoms with van der Waals surface area (Å²) >= 11 is 0. The van der Waals surface area contributed by atoms with Crippen LogP contribution in [0, 0.1) is 64.4 Å². The van der Waals surface area contributed by atoms with Crippen molar-refractivity contribution < 1.29 is 81.4 Å². The van der Waals surface area contributed by atoms with Crippen LogP contribution in [0.15, 0.2) is 92.2 Å². The average molecular weight is 1100 g/mol. The maximum Gasteiger partial charge on any atom is 1.00 e. The number of rotatable bonds is 10. The molecule has 0 fully saturated rings. The molecular formula is C56H52F3N12NaO8. The Bertz CT molecular complexity index is 4310. The third-order valence-corrected chi connectivity index (χ3v) is 12.7. The van der Waals surface area contributed by atoms with Crippen LogP contribution in [0.2, 0.25) is 0 Å². The van der Waals surface area contributed by atoms with Crippen molar-refractivity contribution in [2.75, 3.05) is 6.61 Å². The van der Waals surface area contributed by atoms with Crippen molar-refractivity contribution in [2.45, 2.75) is 75.3 Å². The fraction of sp³-hybridized carbons (Fsp3) is 0.232. The number of carbonyl (C=O) groups is 1. The summed E-state index contributed by atoms with van der Waals surface area (Å²) in [7, 11) is 0. The molecule has 20 nitrogen and oxygen atoms in total. The zero-order valence-electron chi connectivity index (χ0n) is 45.4. The van der Waals surface area contributed by atoms with E-state index < -0.39 is 29.0 Å². The minimum absolute atomic E-state index is 0. The Balaban J connectivity index is 0.000000145. The van der Waals surface area contributed by atoms with E-state index in [9.17, 15) is 28.2 Å². The standard InChI is InChI=1S/C21H21FN4O3.C19H19FN4O3.C16H13FN4O2.Na/c1-11-8-13-14(25-11)6-7-15(17(13)22)28-19-18-12(2)16(9-26(18)24-10-23-19)29-20(27)21(3,4)5;1-10-6-13-14(23-10)4-5-15(17(13)20)27-19-18-12(3)16(26-8-11(2)25)7-24(18)22-9-21-19;1-8-5-10-11(20-8)3-4-13(14(10)17)23-16-15-9(2)12(22)6-21(15)19-7-18-16;/h6-10,25H,1-5H3;4-7,9,11,23,25H,8H2,1-3H3;3-7,20,22H,1-2H3;/q;;;+1/p-1/t;11-;;/m.1../s1. The monoisotopic (exact) mass is 1100 g/mol. The Hall–Kier alpha value is -8.64. The summed E-state index contributed by atoms with van der Waals surface area (Å²) < 4.78 is 77.2. The minimum Gasteiger partial charge on any atom is -0.871 e. The number of ether oxygens (including phenoxy) is 5. The number of hydrogen-bond acceptors (Lipinski definition) is 14. The smallest absolute Gasteiger partial charge is 0.871 e. The summed E-state index contributed by atoms with van der Waals surface area (Å²) in [5, 5.41) is 34.8. The van der Waals surface area contributed by atoms with E-state index in [1.54, 1.807) is 107 Å². The molecule has 0 bridgehead atoms. The van der Waals surface area contributed by atoms with Crippen molar-refractivity contribution in [1.82, 2.24) is 58.7 Å². The number of aliphatic hydroxyl groups is 1. The molecule has 4 N–H and O–H groups in total. The zero-order valence-corrected chi connectivity index (χ0v) is 47.4. The molecule has 0 saturated heterocycles. The number of aromatic amines is 3. The number of aryl methyl sites for hydroxylation is 6. The predicted octanol–water partition coefficient (Wildman–Crippen LogP) is 8.07. The Morgan fingerprint density at radius 3 is 1.34 bits per heavy atom. The number of nitrogens with zero attached hydrogens (tertiary/aromatic N) is 9. The molecule has 1 atom stereocenters. The van der Waals surface area contributed by atoms with Gasteiger partial charge in [0.15, 0.2) is 40.4 Å². The molecule has 0 unspecified atom stereocenters. The summed E-state index contributed by atoms with van der Waals surface area (Å²) in [5.74, 6) is -0.341. The fourth-order valence-corrected chi connectivity index (χ4v) is 8.67. The van der Waals surface area contributed by atoms with E-state index in [0.717, 1.165) is 22.6 Å². The first-order valence-corrected chi connectivity index (χ1v) is 24.7. The second-order valence-electron chi connectivity index (χ2n) is 19.9. The van der Waals surface area contributed by atoms with Gasteiger partial charge in [-0.2, -0.15) is 30.2 Å². The molecule has 0 aliphatic carbocycles. The summed E-state index contributed by atoms with van der Waals surface area (Å²) in [5.41, 5.74) is 7.34. The topological polar surface area (TPSA) is 244 Å². The van der Waals surface area contributed by atoms with Gasteiger partial charge in [0.1, 0.15) is 47.9 Å². The third kappa shape index (κ3) is 11.0. The van der Waals surface area contributed by atoms with E-state index in [4.69, 9.17) is 23.7 Å². The molecule has 12 aromatic rings. The van der Waals surface area contributed by atoms with Gasteiger partial charge in [-0.25, -0.2) is 26.7 Å². The van der Waals surface area contributed by atoms with Crippen LogP contribution in [0.5, 0.6) is 52.1 Å². The SMILES string of the molecule is Cc1cc2c(F)c(Oc3ncnn4cc(OC(=O)C(C)(C)C)c(C)c34)ccc2[nH]1.Cc1cc2c(F)c(Oc3ncnn4cc(OC[C@@H](C)O)c(C)c34)ccc2[nH]1.Cc1cc2c(F)c(Oc3ncnn4cc([O-])c(C)c34)ccc2[nH]1.[Na+]. The first-order chi connectivity index (χ1) is 37.6. The number of esters is 1. The number of aliphatic hydroxyl groups excluding tert-OH is 1. The number of H-pyrrole nitrogens is 3. The molecule has 0 spiro atoms. The second kappa shape index (κ2) is 22.2. The summed E-state index contributed by atoms with van der Waals surface area (Å²) in [4.78, 5) is 33.9. The van der Waals surface area contributed by atoms with Gasteiger partial charge in [-0.05, 0) is 129 Å². The molecule has 24 heteroatoms. The van der Waals surface area contributed by atoms with Crippen LogP contribution in [-0.4, -0.2) is 82.5 Å². The van der Waals surface area contributed by atoms with Gasteiger partial charge in [0.25, 0.3) is 0 Å². The van der Waals surface area contributed by atoms with Gasteiger partial charge in [0.05, 0.1) is 23.9 Å². The number of fused-ring (bicyclic) bond motifs is 6. The van der Waals surface area contributed by atoms with Crippen molar-refractivity contribution in [3.05, 3.63) is 143 Å². The van der Waals surface area contributed by atoms with Gasteiger partial charge >= 0.3 is 35.5 Å². The first-order valence-electron chi connectivity index (χ1n) is 24.7. The predicted molar refractivity (Wildman–Crippen MR) is 284 cm³/mol. The normalized spacial score (nSPS) is 11.9. The third-order valence-electron chi connectivity index (χ3n) is 12.7. The van der Waals surface area contributed by atoms with E-state index in [0.29, 0.717) is 71.9 Å². The number of benzene rings is 3. The average Bonchev–Trinajstić information content (AvgIpc) is 4.32. The Morgan fingerprint density at radius 2 is 0.950 bits per heavy atom. The van der Waals surface area contributed by atoms with Gasteiger partial charge < -0.3 is 48.8 Å². The van der Waals surface area contributed by atoms with Crippen LogP contribution in [0.25, 0.3) is 49.3 Å². The minimum atomic E-state index is -0.654. The van der Waals surface area contributed by atoms with E-state index in [1.165, 1.54) is 40.3 Å². The molecule has 12 rings (SSSR count). The number of carbonyl (C=O) groups excluding carboxylic acids is 1. The van der Waals surface area contributed by atoms with Crippen molar-refractivity contribution in [2.24, 2.45) is 5.41 Å². The molecule has 406 valence electrons. The van der Waals surface area contributed by atoms with Crippen molar-refractivity contribution in [3.8, 4) is 52.1 Å². The molecule has 0 aliphatic heterocycles. The molecule has 80 heavy (non-hydrogen) atoms. The Kier molecular flexibility index (Phi) is 15.6. The molecule has 0 aliphatic rings. The molecular weight excluding hydrogens is 1050 g/mol. The molecule has 3 aromatic carbocycles.